The highest BCUT2D eigenvalue weighted by molar-refractivity contribution is 7.92. The van der Waals surface area contributed by atoms with Crippen LogP contribution in [0.15, 0.2) is 77.7 Å². The van der Waals surface area contributed by atoms with Gasteiger partial charge in [0.2, 0.25) is 11.8 Å². The van der Waals surface area contributed by atoms with Gasteiger partial charge >= 0.3 is 0 Å². The normalized spacial score (nSPS) is 12.8. The molecular formula is C29H32Cl2FN3O4S. The lowest BCUT2D eigenvalue weighted by atomic mass is 10.1. The van der Waals surface area contributed by atoms with Gasteiger partial charge in [0.05, 0.1) is 10.6 Å². The minimum atomic E-state index is -4.25. The molecule has 214 valence electrons. The fourth-order valence-corrected chi connectivity index (χ4v) is 5.76. The van der Waals surface area contributed by atoms with Gasteiger partial charge in [-0.2, -0.15) is 0 Å². The minimum absolute atomic E-state index is 0.0318. The molecule has 1 N–H and O–H groups in total. The molecule has 0 fully saturated rings. The smallest absolute Gasteiger partial charge is 0.264 e. The summed E-state index contributed by atoms with van der Waals surface area (Å²) in [7, 11) is -4.25. The lowest BCUT2D eigenvalue weighted by Crippen LogP contribution is -2.53. The van der Waals surface area contributed by atoms with Gasteiger partial charge in [-0.3, -0.25) is 13.9 Å². The SMILES string of the molecule is CC[C@@H](C)NC(=O)[C@H](CC)N(Cc1ccc(F)cc1)C(=O)CN(c1cccc(Cl)c1)S(=O)(=O)c1ccc(Cl)cc1. The maximum atomic E-state index is 14.0. The zero-order valence-corrected chi connectivity index (χ0v) is 24.8. The summed E-state index contributed by atoms with van der Waals surface area (Å²) in [4.78, 5) is 28.5. The lowest BCUT2D eigenvalue weighted by molar-refractivity contribution is -0.140. The number of carbonyl (C=O) groups is 2. The fraction of sp³-hybridized carbons (Fsp3) is 0.310. The molecule has 0 aliphatic rings. The second kappa shape index (κ2) is 14.0. The summed E-state index contributed by atoms with van der Waals surface area (Å²) in [6.45, 7) is 4.91. The van der Waals surface area contributed by atoms with Crippen molar-refractivity contribution in [2.45, 2.75) is 57.1 Å². The zero-order chi connectivity index (χ0) is 29.4. The van der Waals surface area contributed by atoms with Crippen molar-refractivity contribution in [1.82, 2.24) is 10.2 Å². The largest absolute Gasteiger partial charge is 0.352 e. The van der Waals surface area contributed by atoms with E-state index in [9.17, 15) is 22.4 Å². The topological polar surface area (TPSA) is 86.8 Å². The summed E-state index contributed by atoms with van der Waals surface area (Å²) in [5.41, 5.74) is 0.758. The van der Waals surface area contributed by atoms with Gasteiger partial charge in [-0.15, -0.1) is 0 Å². The Labute approximate surface area is 244 Å². The number of nitrogens with one attached hydrogen (secondary N) is 1. The lowest BCUT2D eigenvalue weighted by Gasteiger charge is -2.33. The maximum Gasteiger partial charge on any atom is 0.264 e. The first-order chi connectivity index (χ1) is 19.0. The molecule has 3 aromatic carbocycles. The third-order valence-corrected chi connectivity index (χ3v) is 8.70. The van der Waals surface area contributed by atoms with Crippen molar-refractivity contribution in [3.8, 4) is 0 Å². The molecule has 0 aromatic heterocycles. The van der Waals surface area contributed by atoms with Crippen LogP contribution in [-0.4, -0.2) is 43.8 Å². The van der Waals surface area contributed by atoms with Crippen LogP contribution in [0, 0.1) is 5.82 Å². The highest BCUT2D eigenvalue weighted by Gasteiger charge is 2.34. The second-order valence-electron chi connectivity index (χ2n) is 9.34. The number of hydrogen-bond donors (Lipinski definition) is 1. The molecule has 0 aliphatic carbocycles. The van der Waals surface area contributed by atoms with Crippen molar-refractivity contribution >= 4 is 50.7 Å². The third kappa shape index (κ3) is 7.96. The van der Waals surface area contributed by atoms with E-state index in [1.807, 2.05) is 13.8 Å². The number of nitrogens with zero attached hydrogens (tertiary/aromatic N) is 2. The highest BCUT2D eigenvalue weighted by Crippen LogP contribution is 2.27. The summed E-state index contributed by atoms with van der Waals surface area (Å²) >= 11 is 12.2. The number of halogens is 3. The van der Waals surface area contributed by atoms with Gasteiger partial charge in [-0.05, 0) is 79.9 Å². The molecule has 0 heterocycles. The molecule has 0 bridgehead atoms. The van der Waals surface area contributed by atoms with E-state index in [1.165, 1.54) is 65.6 Å². The molecule has 40 heavy (non-hydrogen) atoms. The number of carbonyl (C=O) groups excluding carboxylic acids is 2. The third-order valence-electron chi connectivity index (χ3n) is 6.43. The Morgan fingerprint density at radius 3 is 2.15 bits per heavy atom. The molecular weight excluding hydrogens is 576 g/mol. The summed E-state index contributed by atoms with van der Waals surface area (Å²) in [5.74, 6) is -1.42. The molecule has 0 aliphatic heterocycles. The van der Waals surface area contributed by atoms with Crippen LogP contribution in [-0.2, 0) is 26.2 Å². The Morgan fingerprint density at radius 1 is 0.925 bits per heavy atom. The Balaban J connectivity index is 2.05. The summed E-state index contributed by atoms with van der Waals surface area (Å²) < 4.78 is 42.2. The molecule has 7 nitrogen and oxygen atoms in total. The van der Waals surface area contributed by atoms with E-state index in [-0.39, 0.29) is 40.5 Å². The highest BCUT2D eigenvalue weighted by atomic mass is 35.5. The van der Waals surface area contributed by atoms with Crippen LogP contribution in [0.3, 0.4) is 0 Å². The van der Waals surface area contributed by atoms with Crippen LogP contribution in [0.4, 0.5) is 10.1 Å². The molecule has 0 unspecified atom stereocenters. The van der Waals surface area contributed by atoms with Crippen LogP contribution in [0.1, 0.15) is 39.2 Å². The molecule has 0 radical (unpaired) electrons. The van der Waals surface area contributed by atoms with Gasteiger partial charge in [-0.25, -0.2) is 12.8 Å². The number of benzene rings is 3. The van der Waals surface area contributed by atoms with E-state index in [0.29, 0.717) is 17.0 Å². The minimum Gasteiger partial charge on any atom is -0.352 e. The predicted octanol–water partition coefficient (Wildman–Crippen LogP) is 6.05. The van der Waals surface area contributed by atoms with E-state index in [0.717, 1.165) is 4.31 Å². The van der Waals surface area contributed by atoms with E-state index in [2.05, 4.69) is 5.32 Å². The van der Waals surface area contributed by atoms with Crippen molar-refractivity contribution in [3.63, 3.8) is 0 Å². The van der Waals surface area contributed by atoms with E-state index in [1.54, 1.807) is 19.1 Å². The molecule has 3 rings (SSSR count). The van der Waals surface area contributed by atoms with Crippen molar-refractivity contribution < 1.29 is 22.4 Å². The predicted molar refractivity (Wildman–Crippen MR) is 156 cm³/mol. The molecule has 0 spiro atoms. The number of rotatable bonds is 12. The van der Waals surface area contributed by atoms with E-state index in [4.69, 9.17) is 23.2 Å². The fourth-order valence-electron chi connectivity index (χ4n) is 4.04. The van der Waals surface area contributed by atoms with Crippen LogP contribution in [0.25, 0.3) is 0 Å². The van der Waals surface area contributed by atoms with Gasteiger partial charge in [0.15, 0.2) is 0 Å². The first-order valence-corrected chi connectivity index (χ1v) is 15.0. The number of hydrogen-bond acceptors (Lipinski definition) is 4. The first-order valence-electron chi connectivity index (χ1n) is 12.8. The Hall–Kier alpha value is -3.14. The molecule has 2 amide bonds. The average molecular weight is 609 g/mol. The quantitative estimate of drug-likeness (QED) is 0.271. The second-order valence-corrected chi connectivity index (χ2v) is 12.1. The van der Waals surface area contributed by atoms with E-state index >= 15 is 0 Å². The van der Waals surface area contributed by atoms with Gasteiger partial charge in [0, 0.05) is 22.6 Å². The monoisotopic (exact) mass is 607 g/mol. The summed E-state index contributed by atoms with van der Waals surface area (Å²) in [6.07, 6.45) is 0.965. The van der Waals surface area contributed by atoms with Gasteiger partial charge in [-0.1, -0.05) is 55.2 Å². The van der Waals surface area contributed by atoms with Crippen molar-refractivity contribution in [2.24, 2.45) is 0 Å². The molecule has 2 atom stereocenters. The van der Waals surface area contributed by atoms with Crippen molar-refractivity contribution in [3.05, 3.63) is 94.2 Å². The average Bonchev–Trinajstić information content (AvgIpc) is 2.92. The number of sulfonamides is 1. The van der Waals surface area contributed by atoms with Crippen LogP contribution in [0.5, 0.6) is 0 Å². The van der Waals surface area contributed by atoms with Gasteiger partial charge < -0.3 is 10.2 Å². The Morgan fingerprint density at radius 2 is 1.57 bits per heavy atom. The van der Waals surface area contributed by atoms with Gasteiger partial charge in [0.25, 0.3) is 10.0 Å². The maximum absolute atomic E-state index is 14.0. The Bertz CT molecular complexity index is 1420. The number of amides is 2. The van der Waals surface area contributed by atoms with Crippen LogP contribution >= 0.6 is 23.2 Å². The molecule has 0 saturated carbocycles. The number of anilines is 1. The molecule has 11 heteroatoms. The molecule has 3 aromatic rings. The van der Waals surface area contributed by atoms with Crippen LogP contribution in [0.2, 0.25) is 10.0 Å². The zero-order valence-electron chi connectivity index (χ0n) is 22.5. The van der Waals surface area contributed by atoms with Crippen LogP contribution < -0.4 is 9.62 Å². The summed E-state index contributed by atoms with van der Waals surface area (Å²) in [5, 5.41) is 3.55. The van der Waals surface area contributed by atoms with E-state index < -0.39 is 34.3 Å². The summed E-state index contributed by atoms with van der Waals surface area (Å²) in [6, 6.07) is 16.3. The molecule has 0 saturated heterocycles. The van der Waals surface area contributed by atoms with Crippen molar-refractivity contribution in [2.75, 3.05) is 10.8 Å². The standard InChI is InChI=1S/C29H32Cl2FN3O4S/c1-4-20(3)33-29(37)27(5-2)34(18-21-9-13-24(32)14-10-21)28(36)19-35(25-8-6-7-23(31)17-25)40(38,39)26-15-11-22(30)12-16-26/h6-17,20,27H,4-5,18-19H2,1-3H3,(H,33,37)/t20-,27+/m1/s1. The first kappa shape index (κ1) is 31.4. The Kier molecular flexibility index (Phi) is 11.0. The van der Waals surface area contributed by atoms with Crippen molar-refractivity contribution in [1.29, 1.82) is 0 Å². The van der Waals surface area contributed by atoms with Gasteiger partial charge in [0.1, 0.15) is 18.4 Å².